The Kier molecular flexibility index (Phi) is 6.88. The van der Waals surface area contributed by atoms with Gasteiger partial charge >= 0.3 is 0 Å². The summed E-state index contributed by atoms with van der Waals surface area (Å²) < 4.78 is 5.44. The van der Waals surface area contributed by atoms with E-state index >= 15 is 0 Å². The van der Waals surface area contributed by atoms with E-state index in [1.807, 2.05) is 49.4 Å². The van der Waals surface area contributed by atoms with Gasteiger partial charge in [0.15, 0.2) is 0 Å². The lowest BCUT2D eigenvalue weighted by molar-refractivity contribution is 0.0689. The van der Waals surface area contributed by atoms with Crippen LogP contribution in [-0.4, -0.2) is 27.5 Å². The van der Waals surface area contributed by atoms with Crippen LogP contribution in [0.15, 0.2) is 83.4 Å². The molecule has 3 aromatic carbocycles. The molecule has 0 bridgehead atoms. The average molecular weight is 466 g/mol. The van der Waals surface area contributed by atoms with E-state index in [0.717, 1.165) is 11.1 Å². The van der Waals surface area contributed by atoms with E-state index < -0.39 is 0 Å². The number of hydrogen-bond donors (Lipinski definition) is 0. The lowest BCUT2D eigenvalue weighted by Gasteiger charge is -2.29. The van der Waals surface area contributed by atoms with Gasteiger partial charge in [0.25, 0.3) is 5.91 Å². The SMILES string of the molecule is C[C@H](c1ccccc1)N(CCc1nc(-c2cccc(Cl)c2)no1)C(=O)c1ccccc1Cl. The van der Waals surface area contributed by atoms with Crippen molar-refractivity contribution in [3.8, 4) is 11.4 Å². The van der Waals surface area contributed by atoms with E-state index in [1.165, 1.54) is 0 Å². The van der Waals surface area contributed by atoms with Crippen molar-refractivity contribution >= 4 is 29.1 Å². The highest BCUT2D eigenvalue weighted by atomic mass is 35.5. The fourth-order valence-corrected chi connectivity index (χ4v) is 3.90. The zero-order valence-corrected chi connectivity index (χ0v) is 18.9. The van der Waals surface area contributed by atoms with Gasteiger partial charge in [0.05, 0.1) is 16.6 Å². The standard InChI is InChI=1S/C25H21Cl2N3O2/c1-17(18-8-3-2-4-9-18)30(25(31)21-12-5-6-13-22(21)27)15-14-23-28-24(29-32-23)19-10-7-11-20(26)16-19/h2-13,16-17H,14-15H2,1H3/t17-/m1/s1. The molecule has 0 spiro atoms. The summed E-state index contributed by atoms with van der Waals surface area (Å²) in [5.41, 5.74) is 2.26. The van der Waals surface area contributed by atoms with Gasteiger partial charge in [0, 0.05) is 23.6 Å². The first-order valence-electron chi connectivity index (χ1n) is 10.2. The summed E-state index contributed by atoms with van der Waals surface area (Å²) in [7, 11) is 0. The van der Waals surface area contributed by atoms with Gasteiger partial charge in [-0.05, 0) is 36.8 Å². The molecule has 0 fully saturated rings. The number of hydrogen-bond acceptors (Lipinski definition) is 4. The molecule has 1 amide bonds. The van der Waals surface area contributed by atoms with Gasteiger partial charge in [-0.25, -0.2) is 0 Å². The van der Waals surface area contributed by atoms with E-state index in [0.29, 0.717) is 40.3 Å². The van der Waals surface area contributed by atoms with Crippen LogP contribution in [0.25, 0.3) is 11.4 Å². The van der Waals surface area contributed by atoms with Crippen LogP contribution in [0, 0.1) is 0 Å². The molecule has 1 heterocycles. The first-order chi connectivity index (χ1) is 15.5. The number of nitrogens with zero attached hydrogens (tertiary/aromatic N) is 3. The third kappa shape index (κ3) is 5.01. The van der Waals surface area contributed by atoms with E-state index in [-0.39, 0.29) is 11.9 Å². The summed E-state index contributed by atoms with van der Waals surface area (Å²) in [5, 5.41) is 5.08. The number of halogens is 2. The summed E-state index contributed by atoms with van der Waals surface area (Å²) in [6.07, 6.45) is 0.404. The fraction of sp³-hybridized carbons (Fsp3) is 0.160. The zero-order valence-electron chi connectivity index (χ0n) is 17.4. The number of aromatic nitrogens is 2. The van der Waals surface area contributed by atoms with Crippen molar-refractivity contribution in [3.63, 3.8) is 0 Å². The molecule has 162 valence electrons. The Hall–Kier alpha value is -3.15. The van der Waals surface area contributed by atoms with E-state index in [2.05, 4.69) is 10.1 Å². The first-order valence-corrected chi connectivity index (χ1v) is 11.0. The van der Waals surface area contributed by atoms with Gasteiger partial charge in [-0.1, -0.05) is 83.0 Å². The Morgan fingerprint density at radius 3 is 2.50 bits per heavy atom. The number of carbonyl (C=O) groups is 1. The molecule has 32 heavy (non-hydrogen) atoms. The normalized spacial score (nSPS) is 11.8. The van der Waals surface area contributed by atoms with E-state index in [1.54, 1.807) is 41.3 Å². The third-order valence-electron chi connectivity index (χ3n) is 5.23. The van der Waals surface area contributed by atoms with Crippen LogP contribution in [0.4, 0.5) is 0 Å². The topological polar surface area (TPSA) is 59.2 Å². The lowest BCUT2D eigenvalue weighted by atomic mass is 10.0. The summed E-state index contributed by atoms with van der Waals surface area (Å²) in [6, 6.07) is 24.0. The second kappa shape index (κ2) is 9.98. The maximum Gasteiger partial charge on any atom is 0.255 e. The van der Waals surface area contributed by atoms with Gasteiger partial charge in [0.1, 0.15) is 0 Å². The molecule has 1 atom stereocenters. The number of carbonyl (C=O) groups excluding carboxylic acids is 1. The molecule has 4 aromatic rings. The van der Waals surface area contributed by atoms with E-state index in [9.17, 15) is 4.79 Å². The molecule has 0 aliphatic rings. The zero-order chi connectivity index (χ0) is 22.5. The molecule has 0 saturated heterocycles. The average Bonchev–Trinajstić information content (AvgIpc) is 3.29. The highest BCUT2D eigenvalue weighted by Gasteiger charge is 2.25. The minimum Gasteiger partial charge on any atom is -0.339 e. The Morgan fingerprint density at radius 2 is 1.75 bits per heavy atom. The lowest BCUT2D eigenvalue weighted by Crippen LogP contribution is -2.35. The minimum atomic E-state index is -0.171. The second-order valence-electron chi connectivity index (χ2n) is 7.34. The fourth-order valence-electron chi connectivity index (χ4n) is 3.49. The Morgan fingerprint density at radius 1 is 1.00 bits per heavy atom. The maximum atomic E-state index is 13.4. The summed E-state index contributed by atoms with van der Waals surface area (Å²) in [4.78, 5) is 19.7. The van der Waals surface area contributed by atoms with Gasteiger partial charge in [-0.2, -0.15) is 4.98 Å². The van der Waals surface area contributed by atoms with Crippen LogP contribution in [-0.2, 0) is 6.42 Å². The molecule has 7 heteroatoms. The highest BCUT2D eigenvalue weighted by Crippen LogP contribution is 2.26. The van der Waals surface area contributed by atoms with Gasteiger partial charge in [-0.15, -0.1) is 0 Å². The summed E-state index contributed by atoms with van der Waals surface area (Å²) in [6.45, 7) is 2.38. The predicted octanol–water partition coefficient (Wildman–Crippen LogP) is 6.49. The summed E-state index contributed by atoms with van der Waals surface area (Å²) >= 11 is 12.4. The van der Waals surface area contributed by atoms with Crippen LogP contribution >= 0.6 is 23.2 Å². The van der Waals surface area contributed by atoms with Crippen molar-refractivity contribution in [2.45, 2.75) is 19.4 Å². The molecule has 0 aliphatic carbocycles. The molecule has 0 unspecified atom stereocenters. The number of amides is 1. The first kappa shape index (κ1) is 22.1. The largest absolute Gasteiger partial charge is 0.339 e. The quantitative estimate of drug-likeness (QED) is 0.312. The molecule has 0 N–H and O–H groups in total. The highest BCUT2D eigenvalue weighted by molar-refractivity contribution is 6.33. The van der Waals surface area contributed by atoms with Crippen molar-refractivity contribution in [2.75, 3.05) is 6.54 Å². The van der Waals surface area contributed by atoms with Crippen molar-refractivity contribution in [2.24, 2.45) is 0 Å². The molecule has 1 aromatic heterocycles. The second-order valence-corrected chi connectivity index (χ2v) is 8.18. The molecule has 0 aliphatic heterocycles. The number of rotatable bonds is 7. The predicted molar refractivity (Wildman–Crippen MR) is 126 cm³/mol. The third-order valence-corrected chi connectivity index (χ3v) is 5.80. The van der Waals surface area contributed by atoms with Crippen molar-refractivity contribution in [1.29, 1.82) is 0 Å². The molecule has 0 radical (unpaired) electrons. The monoisotopic (exact) mass is 465 g/mol. The van der Waals surface area contributed by atoms with Crippen molar-refractivity contribution in [1.82, 2.24) is 15.0 Å². The van der Waals surface area contributed by atoms with Gasteiger partial charge in [-0.3, -0.25) is 4.79 Å². The van der Waals surface area contributed by atoms with E-state index in [4.69, 9.17) is 27.7 Å². The van der Waals surface area contributed by atoms with Crippen LogP contribution in [0.5, 0.6) is 0 Å². The summed E-state index contributed by atoms with van der Waals surface area (Å²) in [5.74, 6) is 0.751. The van der Waals surface area contributed by atoms with Crippen LogP contribution < -0.4 is 0 Å². The van der Waals surface area contributed by atoms with Crippen LogP contribution in [0.2, 0.25) is 10.0 Å². The molecule has 0 saturated carbocycles. The Balaban J connectivity index is 1.57. The maximum absolute atomic E-state index is 13.4. The van der Waals surface area contributed by atoms with Crippen molar-refractivity contribution in [3.05, 3.63) is 106 Å². The molecular weight excluding hydrogens is 445 g/mol. The van der Waals surface area contributed by atoms with Gasteiger partial charge < -0.3 is 9.42 Å². The minimum absolute atomic E-state index is 0.151. The van der Waals surface area contributed by atoms with Crippen LogP contribution in [0.3, 0.4) is 0 Å². The smallest absolute Gasteiger partial charge is 0.255 e. The van der Waals surface area contributed by atoms with Crippen molar-refractivity contribution < 1.29 is 9.32 Å². The van der Waals surface area contributed by atoms with Crippen LogP contribution in [0.1, 0.15) is 34.8 Å². The molecule has 4 rings (SSSR count). The Labute approximate surface area is 196 Å². The number of benzene rings is 3. The Bertz CT molecular complexity index is 1210. The molecule has 5 nitrogen and oxygen atoms in total. The molecular formula is C25H21Cl2N3O2. The van der Waals surface area contributed by atoms with Gasteiger partial charge in [0.2, 0.25) is 11.7 Å².